The summed E-state index contributed by atoms with van der Waals surface area (Å²) in [4.78, 5) is 16.7. The molecule has 2 unspecified atom stereocenters. The number of amides is 1. The van der Waals surface area contributed by atoms with Crippen LogP contribution >= 0.6 is 0 Å². The van der Waals surface area contributed by atoms with Gasteiger partial charge in [0.2, 0.25) is 0 Å². The monoisotopic (exact) mass is 362 g/mol. The number of piperidine rings is 1. The first-order chi connectivity index (χ1) is 13.3. The fraction of sp³-hybridized carbons (Fsp3) is 0.381. The van der Waals surface area contributed by atoms with Gasteiger partial charge < -0.3 is 9.64 Å². The van der Waals surface area contributed by atoms with Crippen LogP contribution in [0.2, 0.25) is 0 Å². The van der Waals surface area contributed by atoms with E-state index in [0.717, 1.165) is 36.8 Å². The van der Waals surface area contributed by atoms with E-state index < -0.39 is 0 Å². The molecule has 2 saturated heterocycles. The van der Waals surface area contributed by atoms with Gasteiger partial charge >= 0.3 is 0 Å². The predicted octanol–water partition coefficient (Wildman–Crippen LogP) is 3.20. The molecule has 0 saturated carbocycles. The van der Waals surface area contributed by atoms with Crippen LogP contribution in [-0.2, 0) is 4.79 Å². The molecule has 3 aromatic rings. The first-order valence-corrected chi connectivity index (χ1v) is 9.56. The summed E-state index contributed by atoms with van der Waals surface area (Å²) in [5, 5.41) is 10.9. The van der Waals surface area contributed by atoms with Crippen LogP contribution in [0, 0.1) is 0 Å². The Hall–Kier alpha value is -2.89. The van der Waals surface area contributed by atoms with Gasteiger partial charge in [-0.15, -0.1) is 0 Å². The minimum atomic E-state index is 0.0857. The molecule has 27 heavy (non-hydrogen) atoms. The van der Waals surface area contributed by atoms with Gasteiger partial charge in [0.15, 0.2) is 6.61 Å². The zero-order valence-electron chi connectivity index (χ0n) is 15.1. The van der Waals surface area contributed by atoms with E-state index >= 15 is 0 Å². The first-order valence-electron chi connectivity index (χ1n) is 9.56. The lowest BCUT2D eigenvalue weighted by Gasteiger charge is -2.38. The van der Waals surface area contributed by atoms with Crippen LogP contribution in [-0.4, -0.2) is 44.5 Å². The second-order valence-corrected chi connectivity index (χ2v) is 7.46. The number of carbonyl (C=O) groups excluding carboxylic acids is 1. The first kappa shape index (κ1) is 16.3. The summed E-state index contributed by atoms with van der Waals surface area (Å²) in [7, 11) is 0. The fourth-order valence-corrected chi connectivity index (χ4v) is 4.64. The maximum Gasteiger partial charge on any atom is 0.261 e. The number of hydrogen-bond acceptors (Lipinski definition) is 4. The Bertz CT molecular complexity index is 942. The van der Waals surface area contributed by atoms with Gasteiger partial charge in [0.1, 0.15) is 5.75 Å². The second kappa shape index (κ2) is 6.68. The van der Waals surface area contributed by atoms with E-state index in [1.807, 2.05) is 30.3 Å². The number of carbonyl (C=O) groups is 1. The molecule has 0 spiro atoms. The van der Waals surface area contributed by atoms with Crippen LogP contribution in [0.4, 0.5) is 0 Å². The molecular formula is C21H22N4O2. The Morgan fingerprint density at radius 3 is 2.41 bits per heavy atom. The summed E-state index contributed by atoms with van der Waals surface area (Å²) >= 11 is 0. The quantitative estimate of drug-likeness (QED) is 0.715. The van der Waals surface area contributed by atoms with E-state index in [4.69, 9.17) is 4.74 Å². The van der Waals surface area contributed by atoms with Crippen LogP contribution in [0.3, 0.4) is 0 Å². The van der Waals surface area contributed by atoms with Crippen LogP contribution in [0.5, 0.6) is 5.75 Å². The molecule has 0 aliphatic carbocycles. The molecule has 1 aromatic heterocycles. The zero-order chi connectivity index (χ0) is 18.2. The molecule has 2 aliphatic rings. The molecule has 2 aromatic carbocycles. The molecule has 2 atom stereocenters. The van der Waals surface area contributed by atoms with Crippen LogP contribution < -0.4 is 4.74 Å². The Balaban J connectivity index is 1.25. The average Bonchev–Trinajstić information content (AvgIpc) is 3.32. The van der Waals surface area contributed by atoms with E-state index in [1.165, 1.54) is 5.39 Å². The minimum absolute atomic E-state index is 0.0857. The van der Waals surface area contributed by atoms with Crippen molar-refractivity contribution >= 4 is 16.7 Å². The summed E-state index contributed by atoms with van der Waals surface area (Å²) in [6.45, 7) is 0.0933. The smallest absolute Gasteiger partial charge is 0.261 e. The van der Waals surface area contributed by atoms with E-state index in [1.54, 1.807) is 17.2 Å². The van der Waals surface area contributed by atoms with Crippen LogP contribution in [0.25, 0.3) is 10.8 Å². The van der Waals surface area contributed by atoms with Gasteiger partial charge in [-0.05, 0) is 48.6 Å². The summed E-state index contributed by atoms with van der Waals surface area (Å²) in [6, 6.07) is 14.9. The van der Waals surface area contributed by atoms with Gasteiger partial charge in [-0.1, -0.05) is 30.3 Å². The van der Waals surface area contributed by atoms with E-state index in [2.05, 4.69) is 27.2 Å². The maximum absolute atomic E-state index is 12.9. The Morgan fingerprint density at radius 1 is 0.963 bits per heavy atom. The van der Waals surface area contributed by atoms with Gasteiger partial charge in [0.05, 0.1) is 18.4 Å². The lowest BCUT2D eigenvalue weighted by Crippen LogP contribution is -2.48. The largest absolute Gasteiger partial charge is 0.484 e. The summed E-state index contributed by atoms with van der Waals surface area (Å²) in [5.41, 5.74) is 0. The standard InChI is InChI=1S/C21H22N4O2/c26-21(14-27-20-8-5-15-3-1-2-4-16(15)11-20)24-17-6-7-18(24)13-19(12-17)25-22-9-10-23-25/h1-5,8-11,17-19H,6-7,12-14H2. The van der Waals surface area contributed by atoms with Crippen molar-refractivity contribution in [1.29, 1.82) is 0 Å². The molecular weight excluding hydrogens is 340 g/mol. The van der Waals surface area contributed by atoms with Crippen LogP contribution in [0.1, 0.15) is 31.7 Å². The number of benzene rings is 2. The highest BCUT2D eigenvalue weighted by Crippen LogP contribution is 2.40. The molecule has 2 bridgehead atoms. The average molecular weight is 362 g/mol. The molecule has 3 heterocycles. The third kappa shape index (κ3) is 3.05. The number of ether oxygens (including phenoxy) is 1. The molecule has 1 amide bonds. The SMILES string of the molecule is O=C(COc1ccc2ccccc2c1)N1C2CCC1CC(n1nccn1)C2. The third-order valence-electron chi connectivity index (χ3n) is 5.84. The Kier molecular flexibility index (Phi) is 4.03. The highest BCUT2D eigenvalue weighted by atomic mass is 16.5. The molecule has 2 fully saturated rings. The van der Waals surface area contributed by atoms with E-state index in [-0.39, 0.29) is 24.6 Å². The molecule has 0 N–H and O–H groups in total. The number of aromatic nitrogens is 3. The van der Waals surface area contributed by atoms with Crippen molar-refractivity contribution in [1.82, 2.24) is 19.9 Å². The van der Waals surface area contributed by atoms with E-state index in [9.17, 15) is 4.79 Å². The highest BCUT2D eigenvalue weighted by molar-refractivity contribution is 5.84. The molecule has 138 valence electrons. The predicted molar refractivity (Wildman–Crippen MR) is 101 cm³/mol. The van der Waals surface area contributed by atoms with Crippen molar-refractivity contribution in [2.24, 2.45) is 0 Å². The third-order valence-corrected chi connectivity index (χ3v) is 5.84. The second-order valence-electron chi connectivity index (χ2n) is 7.46. The van der Waals surface area contributed by atoms with Gasteiger partial charge in [0.25, 0.3) is 5.91 Å². The van der Waals surface area contributed by atoms with E-state index in [0.29, 0.717) is 6.04 Å². The number of fused-ring (bicyclic) bond motifs is 3. The highest BCUT2D eigenvalue weighted by Gasteiger charge is 2.44. The van der Waals surface area contributed by atoms with Crippen molar-refractivity contribution in [2.45, 2.75) is 43.8 Å². The van der Waals surface area contributed by atoms with Gasteiger partial charge in [-0.3, -0.25) is 4.79 Å². The van der Waals surface area contributed by atoms with Crippen molar-refractivity contribution in [2.75, 3.05) is 6.61 Å². The number of rotatable bonds is 4. The number of hydrogen-bond donors (Lipinski definition) is 0. The summed E-state index contributed by atoms with van der Waals surface area (Å²) in [6.07, 6.45) is 7.40. The van der Waals surface area contributed by atoms with Gasteiger partial charge in [0, 0.05) is 12.1 Å². The van der Waals surface area contributed by atoms with Crippen molar-refractivity contribution in [3.05, 3.63) is 54.9 Å². The van der Waals surface area contributed by atoms with Crippen molar-refractivity contribution < 1.29 is 9.53 Å². The fourth-order valence-electron chi connectivity index (χ4n) is 4.64. The number of nitrogens with zero attached hydrogens (tertiary/aromatic N) is 4. The molecule has 0 radical (unpaired) electrons. The van der Waals surface area contributed by atoms with Gasteiger partial charge in [-0.25, -0.2) is 0 Å². The zero-order valence-corrected chi connectivity index (χ0v) is 15.1. The summed E-state index contributed by atoms with van der Waals surface area (Å²) in [5.74, 6) is 0.826. The van der Waals surface area contributed by atoms with Crippen molar-refractivity contribution in [3.8, 4) is 5.75 Å². The summed E-state index contributed by atoms with van der Waals surface area (Å²) < 4.78 is 5.83. The molecule has 6 nitrogen and oxygen atoms in total. The molecule has 2 aliphatic heterocycles. The lowest BCUT2D eigenvalue weighted by molar-refractivity contribution is -0.138. The normalized spacial score (nSPS) is 24.3. The molecule has 6 heteroatoms. The Labute approximate surface area is 157 Å². The topological polar surface area (TPSA) is 60.2 Å². The minimum Gasteiger partial charge on any atom is -0.484 e. The van der Waals surface area contributed by atoms with Crippen molar-refractivity contribution in [3.63, 3.8) is 0 Å². The lowest BCUT2D eigenvalue weighted by atomic mass is 9.98. The van der Waals surface area contributed by atoms with Crippen LogP contribution in [0.15, 0.2) is 54.9 Å². The maximum atomic E-state index is 12.9. The Morgan fingerprint density at radius 2 is 1.67 bits per heavy atom. The van der Waals surface area contributed by atoms with Gasteiger partial charge in [-0.2, -0.15) is 15.0 Å². The molecule has 5 rings (SSSR count).